The zero-order chi connectivity index (χ0) is 12.4. The Labute approximate surface area is 101 Å². The number of aromatic nitrogens is 2. The van der Waals surface area contributed by atoms with Crippen molar-refractivity contribution in [1.82, 2.24) is 9.72 Å². The molecule has 2 N–H and O–H groups in total. The second kappa shape index (κ2) is 4.75. The Hall–Kier alpha value is -1.55. The highest BCUT2D eigenvalue weighted by molar-refractivity contribution is 5.17. The zero-order valence-corrected chi connectivity index (χ0v) is 10.6. The van der Waals surface area contributed by atoms with Crippen LogP contribution in [0.15, 0.2) is 29.0 Å². The summed E-state index contributed by atoms with van der Waals surface area (Å²) in [6.07, 6.45) is 4.11. The Morgan fingerprint density at radius 3 is 2.82 bits per heavy atom. The van der Waals surface area contributed by atoms with Crippen LogP contribution in [0, 0.1) is 12.8 Å². The molecule has 0 amide bonds. The largest absolute Gasteiger partial charge is 0.361 e. The van der Waals surface area contributed by atoms with Crippen LogP contribution in [0.25, 0.3) is 0 Å². The maximum atomic E-state index is 6.10. The highest BCUT2D eigenvalue weighted by atomic mass is 16.5. The van der Waals surface area contributed by atoms with Gasteiger partial charge in [-0.2, -0.15) is 0 Å². The maximum Gasteiger partial charge on any atom is 0.133 e. The predicted molar refractivity (Wildman–Crippen MR) is 66.5 cm³/mol. The molecule has 2 rings (SSSR count). The monoisotopic (exact) mass is 233 g/mol. The van der Waals surface area contributed by atoms with Gasteiger partial charge in [-0.25, -0.2) is 0 Å². The van der Waals surface area contributed by atoms with E-state index in [1.165, 1.54) is 5.56 Å². The highest BCUT2D eigenvalue weighted by Gasteiger charge is 2.11. The molecule has 4 nitrogen and oxygen atoms in total. The molecule has 2 heterocycles. The van der Waals surface area contributed by atoms with Crippen molar-refractivity contribution in [3.05, 3.63) is 41.5 Å². The molecule has 4 heteroatoms. The summed E-state index contributed by atoms with van der Waals surface area (Å²) in [6.45, 7) is 6.88. The average molecular weight is 233 g/mol. The van der Waals surface area contributed by atoms with E-state index in [2.05, 4.69) is 35.8 Å². The zero-order valence-electron chi connectivity index (χ0n) is 10.6. The molecule has 0 fully saturated rings. The Kier molecular flexibility index (Phi) is 3.33. The van der Waals surface area contributed by atoms with Crippen LogP contribution in [0.3, 0.4) is 0 Å². The lowest BCUT2D eigenvalue weighted by Crippen LogP contribution is -2.15. The standard InChI is InChI=1S/C13H19N3O/c1-9(2)13(14)11-4-5-16(7-11)8-12-6-10(3)17-15-12/h4-7,9,13H,8,14H2,1-3H3. The normalized spacial score (nSPS) is 13.2. The highest BCUT2D eigenvalue weighted by Crippen LogP contribution is 2.19. The Morgan fingerprint density at radius 1 is 1.47 bits per heavy atom. The summed E-state index contributed by atoms with van der Waals surface area (Å²) >= 11 is 0. The van der Waals surface area contributed by atoms with Crippen LogP contribution in [0.1, 0.15) is 36.9 Å². The molecule has 0 aliphatic rings. The Morgan fingerprint density at radius 2 is 2.24 bits per heavy atom. The molecule has 17 heavy (non-hydrogen) atoms. The van der Waals surface area contributed by atoms with Gasteiger partial charge in [-0.1, -0.05) is 19.0 Å². The molecule has 2 aromatic rings. The van der Waals surface area contributed by atoms with Crippen LogP contribution in [-0.4, -0.2) is 9.72 Å². The minimum Gasteiger partial charge on any atom is -0.361 e. The van der Waals surface area contributed by atoms with E-state index < -0.39 is 0 Å². The molecule has 2 aromatic heterocycles. The van der Waals surface area contributed by atoms with Crippen LogP contribution >= 0.6 is 0 Å². The molecule has 0 aromatic carbocycles. The van der Waals surface area contributed by atoms with Gasteiger partial charge in [0, 0.05) is 24.5 Å². The quantitative estimate of drug-likeness (QED) is 0.882. The first-order valence-corrected chi connectivity index (χ1v) is 5.89. The molecule has 0 spiro atoms. The summed E-state index contributed by atoms with van der Waals surface area (Å²) in [7, 11) is 0. The Balaban J connectivity index is 2.08. The van der Waals surface area contributed by atoms with E-state index in [0.29, 0.717) is 5.92 Å². The van der Waals surface area contributed by atoms with Gasteiger partial charge < -0.3 is 14.8 Å². The molecule has 1 unspecified atom stereocenters. The van der Waals surface area contributed by atoms with Gasteiger partial charge in [0.05, 0.1) is 6.54 Å². The second-order valence-electron chi connectivity index (χ2n) is 4.82. The van der Waals surface area contributed by atoms with E-state index in [-0.39, 0.29) is 6.04 Å². The summed E-state index contributed by atoms with van der Waals surface area (Å²) in [4.78, 5) is 0. The fourth-order valence-corrected chi connectivity index (χ4v) is 1.82. The van der Waals surface area contributed by atoms with E-state index in [1.807, 2.05) is 19.2 Å². The lowest BCUT2D eigenvalue weighted by Gasteiger charge is -2.13. The summed E-state index contributed by atoms with van der Waals surface area (Å²) in [5.74, 6) is 1.28. The summed E-state index contributed by atoms with van der Waals surface area (Å²) < 4.78 is 7.12. The molecule has 92 valence electrons. The number of hydrogen-bond donors (Lipinski definition) is 1. The second-order valence-corrected chi connectivity index (χ2v) is 4.82. The maximum absolute atomic E-state index is 6.10. The van der Waals surface area contributed by atoms with E-state index in [4.69, 9.17) is 10.3 Å². The molecule has 0 saturated carbocycles. The van der Waals surface area contributed by atoms with Crippen LogP contribution in [-0.2, 0) is 6.54 Å². The lowest BCUT2D eigenvalue weighted by atomic mass is 10.00. The average Bonchev–Trinajstić information content (AvgIpc) is 2.87. The summed E-state index contributed by atoms with van der Waals surface area (Å²) in [5.41, 5.74) is 8.20. The van der Waals surface area contributed by atoms with Crippen LogP contribution in [0.4, 0.5) is 0 Å². The van der Waals surface area contributed by atoms with Crippen LogP contribution < -0.4 is 5.73 Å². The van der Waals surface area contributed by atoms with Gasteiger partial charge in [0.25, 0.3) is 0 Å². The molecular formula is C13H19N3O. The van der Waals surface area contributed by atoms with Crippen molar-refractivity contribution >= 4 is 0 Å². The van der Waals surface area contributed by atoms with Gasteiger partial charge in [0.1, 0.15) is 11.5 Å². The SMILES string of the molecule is Cc1cc(Cn2ccc(C(N)C(C)C)c2)no1. The third-order valence-electron chi connectivity index (χ3n) is 2.90. The van der Waals surface area contributed by atoms with Crippen molar-refractivity contribution in [3.63, 3.8) is 0 Å². The number of nitrogens with zero attached hydrogens (tertiary/aromatic N) is 2. The van der Waals surface area contributed by atoms with E-state index >= 15 is 0 Å². The Bertz CT molecular complexity index is 484. The summed E-state index contributed by atoms with van der Waals surface area (Å²) in [6, 6.07) is 4.11. The molecular weight excluding hydrogens is 214 g/mol. The number of hydrogen-bond acceptors (Lipinski definition) is 3. The van der Waals surface area contributed by atoms with Crippen molar-refractivity contribution in [2.45, 2.75) is 33.4 Å². The van der Waals surface area contributed by atoms with E-state index in [9.17, 15) is 0 Å². The van der Waals surface area contributed by atoms with Crippen molar-refractivity contribution < 1.29 is 4.52 Å². The minimum atomic E-state index is 0.0929. The van der Waals surface area contributed by atoms with E-state index in [1.54, 1.807) is 0 Å². The first-order chi connectivity index (χ1) is 8.06. The fourth-order valence-electron chi connectivity index (χ4n) is 1.82. The summed E-state index contributed by atoms with van der Waals surface area (Å²) in [5, 5.41) is 3.97. The third kappa shape index (κ3) is 2.77. The third-order valence-corrected chi connectivity index (χ3v) is 2.90. The van der Waals surface area contributed by atoms with Gasteiger partial charge in [0.2, 0.25) is 0 Å². The van der Waals surface area contributed by atoms with Crippen LogP contribution in [0.2, 0.25) is 0 Å². The molecule has 0 aliphatic heterocycles. The van der Waals surface area contributed by atoms with Gasteiger partial charge in [-0.15, -0.1) is 0 Å². The molecule has 1 atom stereocenters. The van der Waals surface area contributed by atoms with E-state index in [0.717, 1.165) is 18.0 Å². The van der Waals surface area contributed by atoms with Crippen molar-refractivity contribution in [1.29, 1.82) is 0 Å². The van der Waals surface area contributed by atoms with Gasteiger partial charge in [-0.3, -0.25) is 0 Å². The molecule has 0 aliphatic carbocycles. The first kappa shape index (κ1) is 11.9. The van der Waals surface area contributed by atoms with Gasteiger partial charge in [-0.05, 0) is 24.5 Å². The number of aryl methyl sites for hydroxylation is 1. The lowest BCUT2D eigenvalue weighted by molar-refractivity contribution is 0.389. The first-order valence-electron chi connectivity index (χ1n) is 5.89. The molecule has 0 saturated heterocycles. The predicted octanol–water partition coefficient (Wildman–Crippen LogP) is 2.49. The van der Waals surface area contributed by atoms with Gasteiger partial charge >= 0.3 is 0 Å². The van der Waals surface area contributed by atoms with Gasteiger partial charge in [0.15, 0.2) is 0 Å². The minimum absolute atomic E-state index is 0.0929. The smallest absolute Gasteiger partial charge is 0.133 e. The number of rotatable bonds is 4. The van der Waals surface area contributed by atoms with Crippen LogP contribution in [0.5, 0.6) is 0 Å². The van der Waals surface area contributed by atoms with Crippen molar-refractivity contribution in [2.24, 2.45) is 11.7 Å². The fraction of sp³-hybridized carbons (Fsp3) is 0.462. The number of nitrogens with two attached hydrogens (primary N) is 1. The topological polar surface area (TPSA) is 57.0 Å². The van der Waals surface area contributed by atoms with Crippen molar-refractivity contribution in [2.75, 3.05) is 0 Å². The molecule has 0 bridgehead atoms. The molecule has 0 radical (unpaired) electrons. The van der Waals surface area contributed by atoms with Crippen molar-refractivity contribution in [3.8, 4) is 0 Å².